The summed E-state index contributed by atoms with van der Waals surface area (Å²) < 4.78 is 0. The molecule has 4 N–H and O–H groups in total. The Balaban J connectivity index is 2.54. The van der Waals surface area contributed by atoms with E-state index in [-0.39, 0.29) is 5.92 Å². The maximum absolute atomic E-state index is 11.2. The molecular formula is C10H20BNO4. The molecule has 0 bridgehead atoms. The summed E-state index contributed by atoms with van der Waals surface area (Å²) in [6.45, 7) is 2.55. The Morgan fingerprint density at radius 1 is 1.56 bits per heavy atom. The number of carboxylic acid groups (broad SMARTS) is 1. The Morgan fingerprint density at radius 2 is 2.25 bits per heavy atom. The number of nitrogens with one attached hydrogen (secondary N) is 1. The highest BCUT2D eigenvalue weighted by Gasteiger charge is 2.41. The van der Waals surface area contributed by atoms with Crippen LogP contribution in [0.15, 0.2) is 0 Å². The predicted octanol–water partition coefficient (Wildman–Crippen LogP) is 0.0823. The number of hydrogen-bond donors (Lipinski definition) is 4. The summed E-state index contributed by atoms with van der Waals surface area (Å²) in [6.07, 6.45) is 3.03. The maximum atomic E-state index is 11.2. The van der Waals surface area contributed by atoms with E-state index in [1.807, 2.05) is 6.92 Å². The first-order valence-electron chi connectivity index (χ1n) is 5.84. The second-order valence-corrected chi connectivity index (χ2v) is 4.58. The first-order valence-corrected chi connectivity index (χ1v) is 5.84. The lowest BCUT2D eigenvalue weighted by Crippen LogP contribution is -2.56. The monoisotopic (exact) mass is 229 g/mol. The van der Waals surface area contributed by atoms with E-state index in [0.717, 1.165) is 6.42 Å². The summed E-state index contributed by atoms with van der Waals surface area (Å²) in [5, 5.41) is 29.9. The number of carboxylic acids is 1. The molecule has 2 atom stereocenters. The standard InChI is InChI=1S/C10H20BNO4/c1-2-10(9(13)14)7-8(4-6-12-10)3-5-11(15)16/h8,12,15-16H,2-7H2,1H3,(H,13,14). The minimum absolute atomic E-state index is 0.263. The van der Waals surface area contributed by atoms with Gasteiger partial charge in [0.25, 0.3) is 0 Å². The predicted molar refractivity (Wildman–Crippen MR) is 61.0 cm³/mol. The summed E-state index contributed by atoms with van der Waals surface area (Å²) in [6, 6.07) is 0. The molecule has 6 heteroatoms. The lowest BCUT2D eigenvalue weighted by molar-refractivity contribution is -0.147. The molecule has 1 aliphatic heterocycles. The average Bonchev–Trinajstić information content (AvgIpc) is 2.26. The molecule has 0 amide bonds. The van der Waals surface area contributed by atoms with Crippen LogP contribution in [0.1, 0.15) is 32.6 Å². The molecule has 92 valence electrons. The smallest absolute Gasteiger partial charge is 0.451 e. The molecule has 0 aromatic heterocycles. The normalized spacial score (nSPS) is 30.1. The third kappa shape index (κ3) is 3.20. The van der Waals surface area contributed by atoms with Crippen LogP contribution < -0.4 is 5.32 Å². The van der Waals surface area contributed by atoms with Gasteiger partial charge in [0.15, 0.2) is 0 Å². The lowest BCUT2D eigenvalue weighted by atomic mass is 9.73. The van der Waals surface area contributed by atoms with Crippen LogP contribution in [0.5, 0.6) is 0 Å². The second-order valence-electron chi connectivity index (χ2n) is 4.58. The van der Waals surface area contributed by atoms with E-state index in [2.05, 4.69) is 5.32 Å². The van der Waals surface area contributed by atoms with Gasteiger partial charge < -0.3 is 20.5 Å². The van der Waals surface area contributed by atoms with Crippen LogP contribution in [0, 0.1) is 5.92 Å². The molecule has 1 aliphatic rings. The van der Waals surface area contributed by atoms with Crippen molar-refractivity contribution in [3.63, 3.8) is 0 Å². The van der Waals surface area contributed by atoms with E-state index in [0.29, 0.717) is 32.1 Å². The molecule has 0 radical (unpaired) electrons. The van der Waals surface area contributed by atoms with E-state index in [1.54, 1.807) is 0 Å². The topological polar surface area (TPSA) is 89.8 Å². The van der Waals surface area contributed by atoms with E-state index < -0.39 is 18.6 Å². The van der Waals surface area contributed by atoms with Crippen molar-refractivity contribution in [1.29, 1.82) is 0 Å². The van der Waals surface area contributed by atoms with Crippen LogP contribution in [0.4, 0.5) is 0 Å². The molecular weight excluding hydrogens is 209 g/mol. The van der Waals surface area contributed by atoms with Crippen molar-refractivity contribution in [2.75, 3.05) is 6.54 Å². The zero-order chi connectivity index (χ0) is 12.2. The fourth-order valence-electron chi connectivity index (χ4n) is 2.40. The van der Waals surface area contributed by atoms with Crippen molar-refractivity contribution in [3.05, 3.63) is 0 Å². The molecule has 1 heterocycles. The second kappa shape index (κ2) is 5.66. The maximum Gasteiger partial charge on any atom is 0.451 e. The van der Waals surface area contributed by atoms with Gasteiger partial charge in [-0.3, -0.25) is 4.79 Å². The summed E-state index contributed by atoms with van der Waals surface area (Å²) in [5.41, 5.74) is -0.816. The van der Waals surface area contributed by atoms with Crippen LogP contribution in [0.3, 0.4) is 0 Å². The molecule has 1 fully saturated rings. The van der Waals surface area contributed by atoms with Gasteiger partial charge in [-0.05, 0) is 38.0 Å². The number of rotatable bonds is 5. The van der Waals surface area contributed by atoms with Gasteiger partial charge >= 0.3 is 13.1 Å². The molecule has 5 nitrogen and oxygen atoms in total. The Hall–Kier alpha value is -0.585. The van der Waals surface area contributed by atoms with Gasteiger partial charge in [0.2, 0.25) is 0 Å². The molecule has 2 unspecified atom stereocenters. The molecule has 0 aliphatic carbocycles. The lowest BCUT2D eigenvalue weighted by Gasteiger charge is -2.38. The number of carbonyl (C=O) groups is 1. The van der Waals surface area contributed by atoms with Crippen molar-refractivity contribution < 1.29 is 19.9 Å². The number of hydrogen-bond acceptors (Lipinski definition) is 4. The SMILES string of the molecule is CCC1(C(=O)O)CC(CCB(O)O)CCN1. The van der Waals surface area contributed by atoms with Crippen LogP contribution in [0.2, 0.25) is 6.32 Å². The quantitative estimate of drug-likeness (QED) is 0.501. The Labute approximate surface area is 96.0 Å². The van der Waals surface area contributed by atoms with Gasteiger partial charge in [-0.2, -0.15) is 0 Å². The first kappa shape index (κ1) is 13.5. The van der Waals surface area contributed by atoms with E-state index >= 15 is 0 Å². The number of piperidine rings is 1. The molecule has 0 aromatic carbocycles. The third-order valence-corrected chi connectivity index (χ3v) is 3.50. The van der Waals surface area contributed by atoms with E-state index in [4.69, 9.17) is 10.0 Å². The molecule has 1 rings (SSSR count). The average molecular weight is 229 g/mol. The Kier molecular flexibility index (Phi) is 4.77. The first-order chi connectivity index (χ1) is 7.50. The van der Waals surface area contributed by atoms with Crippen LogP contribution in [-0.4, -0.2) is 40.3 Å². The molecule has 1 saturated heterocycles. The van der Waals surface area contributed by atoms with E-state index in [9.17, 15) is 9.90 Å². The third-order valence-electron chi connectivity index (χ3n) is 3.50. The highest BCUT2D eigenvalue weighted by atomic mass is 16.4. The molecule has 16 heavy (non-hydrogen) atoms. The fourth-order valence-corrected chi connectivity index (χ4v) is 2.40. The zero-order valence-corrected chi connectivity index (χ0v) is 9.65. The summed E-state index contributed by atoms with van der Waals surface area (Å²) in [4.78, 5) is 11.2. The summed E-state index contributed by atoms with van der Waals surface area (Å²) >= 11 is 0. The summed E-state index contributed by atoms with van der Waals surface area (Å²) in [5.74, 6) is -0.539. The molecule has 0 spiro atoms. The van der Waals surface area contributed by atoms with Crippen molar-refractivity contribution in [3.8, 4) is 0 Å². The highest BCUT2D eigenvalue weighted by molar-refractivity contribution is 6.40. The summed E-state index contributed by atoms with van der Waals surface area (Å²) in [7, 11) is -1.28. The van der Waals surface area contributed by atoms with E-state index in [1.165, 1.54) is 0 Å². The van der Waals surface area contributed by atoms with Gasteiger partial charge in [0.05, 0.1) is 0 Å². The van der Waals surface area contributed by atoms with Gasteiger partial charge in [0.1, 0.15) is 5.54 Å². The van der Waals surface area contributed by atoms with Crippen molar-refractivity contribution in [1.82, 2.24) is 5.32 Å². The minimum atomic E-state index is -1.28. The van der Waals surface area contributed by atoms with Crippen LogP contribution in [-0.2, 0) is 4.79 Å². The fraction of sp³-hybridized carbons (Fsp3) is 0.900. The van der Waals surface area contributed by atoms with Gasteiger partial charge in [-0.1, -0.05) is 13.3 Å². The van der Waals surface area contributed by atoms with Gasteiger partial charge in [0, 0.05) is 0 Å². The van der Waals surface area contributed by atoms with Crippen molar-refractivity contribution in [2.24, 2.45) is 5.92 Å². The largest absolute Gasteiger partial charge is 0.480 e. The Bertz CT molecular complexity index is 249. The number of aliphatic carboxylic acids is 1. The molecule has 0 saturated carbocycles. The van der Waals surface area contributed by atoms with Crippen molar-refractivity contribution >= 4 is 13.1 Å². The molecule has 0 aromatic rings. The Morgan fingerprint density at radius 3 is 2.75 bits per heavy atom. The van der Waals surface area contributed by atoms with Gasteiger partial charge in [-0.15, -0.1) is 0 Å². The van der Waals surface area contributed by atoms with Crippen molar-refractivity contribution in [2.45, 2.75) is 44.5 Å². The van der Waals surface area contributed by atoms with Crippen LogP contribution in [0.25, 0.3) is 0 Å². The highest BCUT2D eigenvalue weighted by Crippen LogP contribution is 2.30. The van der Waals surface area contributed by atoms with Gasteiger partial charge in [-0.25, -0.2) is 0 Å². The minimum Gasteiger partial charge on any atom is -0.480 e. The zero-order valence-electron chi connectivity index (χ0n) is 9.65. The van der Waals surface area contributed by atoms with Crippen LogP contribution >= 0.6 is 0 Å².